The summed E-state index contributed by atoms with van der Waals surface area (Å²) in [6, 6.07) is 15.3. The number of hydrogen-bond acceptors (Lipinski definition) is 4. The minimum absolute atomic E-state index is 0.0418. The number of ether oxygens (including phenoxy) is 1. The first-order valence-corrected chi connectivity index (χ1v) is 10.2. The lowest BCUT2D eigenvalue weighted by Crippen LogP contribution is -2.34. The van der Waals surface area contributed by atoms with Crippen molar-refractivity contribution in [2.45, 2.75) is 19.4 Å². The summed E-state index contributed by atoms with van der Waals surface area (Å²) in [5, 5.41) is 5.15. The van der Waals surface area contributed by atoms with E-state index in [4.69, 9.17) is 16.3 Å². The van der Waals surface area contributed by atoms with Gasteiger partial charge in [0.1, 0.15) is 16.7 Å². The highest BCUT2D eigenvalue weighted by Gasteiger charge is 2.25. The molecule has 2 heterocycles. The molecule has 0 aliphatic carbocycles. The van der Waals surface area contributed by atoms with Crippen LogP contribution in [0.3, 0.4) is 0 Å². The van der Waals surface area contributed by atoms with Gasteiger partial charge in [-0.3, -0.25) is 9.59 Å². The molecule has 4 rings (SSSR count). The van der Waals surface area contributed by atoms with Gasteiger partial charge in [-0.05, 0) is 47.2 Å². The van der Waals surface area contributed by atoms with Crippen LogP contribution in [0.4, 0.5) is 0 Å². The van der Waals surface area contributed by atoms with Crippen LogP contribution in [0.5, 0.6) is 5.75 Å². The lowest BCUT2D eigenvalue weighted by molar-refractivity contribution is 0.0937. The zero-order valence-electron chi connectivity index (χ0n) is 15.2. The van der Waals surface area contributed by atoms with E-state index in [0.717, 1.165) is 22.4 Å². The van der Waals surface area contributed by atoms with E-state index in [1.54, 1.807) is 18.4 Å². The van der Waals surface area contributed by atoms with E-state index in [1.807, 2.05) is 36.4 Å². The number of carbonyl (C=O) groups excluding carboxylic acids is 2. The molecule has 0 spiro atoms. The van der Waals surface area contributed by atoms with Gasteiger partial charge in [-0.1, -0.05) is 41.9 Å². The molecule has 0 bridgehead atoms. The molecule has 1 amide bonds. The Bertz CT molecular complexity index is 1060. The number of hydrogen-bond donors (Lipinski definition) is 1. The maximum absolute atomic E-state index is 12.2. The smallest absolute Gasteiger partial charge is 0.263 e. The molecule has 0 saturated heterocycles. The Labute approximate surface area is 172 Å². The van der Waals surface area contributed by atoms with E-state index in [9.17, 15) is 9.59 Å². The number of carbonyl (C=O) groups is 2. The molecule has 0 fully saturated rings. The first-order chi connectivity index (χ1) is 13.5. The molecule has 3 aromatic rings. The molecule has 1 aliphatic heterocycles. The summed E-state index contributed by atoms with van der Waals surface area (Å²) < 4.78 is 5.96. The Kier molecular flexibility index (Phi) is 5.20. The highest BCUT2D eigenvalue weighted by molar-refractivity contribution is 7.12. The van der Waals surface area contributed by atoms with Crippen molar-refractivity contribution in [2.75, 3.05) is 6.54 Å². The summed E-state index contributed by atoms with van der Waals surface area (Å²) in [6.45, 7) is 1.98. The second-order valence-corrected chi connectivity index (χ2v) is 8.00. The molecule has 1 aliphatic rings. The maximum atomic E-state index is 12.2. The highest BCUT2D eigenvalue weighted by atomic mass is 35.5. The summed E-state index contributed by atoms with van der Waals surface area (Å²) in [7, 11) is 0. The lowest BCUT2D eigenvalue weighted by Gasteiger charge is -2.11. The van der Waals surface area contributed by atoms with Crippen molar-refractivity contribution in [3.63, 3.8) is 0 Å². The predicted octanol–water partition coefficient (Wildman–Crippen LogP) is 5.00. The predicted molar refractivity (Wildman–Crippen MR) is 112 cm³/mol. The number of benzene rings is 2. The second-order valence-electron chi connectivity index (χ2n) is 6.68. The average molecular weight is 412 g/mol. The number of halogens is 1. The maximum Gasteiger partial charge on any atom is 0.263 e. The number of amides is 1. The van der Waals surface area contributed by atoms with Crippen LogP contribution in [0.25, 0.3) is 11.1 Å². The van der Waals surface area contributed by atoms with Crippen LogP contribution >= 0.6 is 22.9 Å². The summed E-state index contributed by atoms with van der Waals surface area (Å²) in [5.41, 5.74) is 3.69. The second kappa shape index (κ2) is 7.78. The molecule has 1 N–H and O–H groups in total. The van der Waals surface area contributed by atoms with Crippen molar-refractivity contribution in [1.29, 1.82) is 0 Å². The number of nitrogens with one attached hydrogen (secondary N) is 1. The van der Waals surface area contributed by atoms with Crippen molar-refractivity contribution in [3.05, 3.63) is 74.9 Å². The summed E-state index contributed by atoms with van der Waals surface area (Å²) in [6.07, 6.45) is 0.570. The van der Waals surface area contributed by atoms with E-state index in [-0.39, 0.29) is 17.8 Å². The summed E-state index contributed by atoms with van der Waals surface area (Å²) in [4.78, 5) is 24.7. The number of ketones is 1. The Morgan fingerprint density at radius 1 is 1.21 bits per heavy atom. The van der Waals surface area contributed by atoms with Gasteiger partial charge < -0.3 is 10.1 Å². The van der Waals surface area contributed by atoms with E-state index in [1.165, 1.54) is 11.3 Å². The lowest BCUT2D eigenvalue weighted by atomic mass is 9.95. The first-order valence-electron chi connectivity index (χ1n) is 8.94. The monoisotopic (exact) mass is 411 g/mol. The highest BCUT2D eigenvalue weighted by Crippen LogP contribution is 2.34. The Morgan fingerprint density at radius 2 is 2.04 bits per heavy atom. The number of rotatable bonds is 5. The van der Waals surface area contributed by atoms with Crippen LogP contribution in [0.1, 0.15) is 32.5 Å². The van der Waals surface area contributed by atoms with Crippen molar-refractivity contribution in [2.24, 2.45) is 0 Å². The largest absolute Gasteiger partial charge is 0.488 e. The topological polar surface area (TPSA) is 55.4 Å². The molecule has 0 unspecified atom stereocenters. The van der Waals surface area contributed by atoms with Crippen molar-refractivity contribution in [1.82, 2.24) is 5.32 Å². The van der Waals surface area contributed by atoms with Gasteiger partial charge in [-0.15, -0.1) is 11.3 Å². The Balaban J connectivity index is 1.47. The van der Waals surface area contributed by atoms with Crippen molar-refractivity contribution in [3.8, 4) is 16.9 Å². The zero-order chi connectivity index (χ0) is 19.7. The molecule has 1 atom stereocenters. The standard InChI is InChI=1S/C22H18ClNO3S/c1-13(25)17-4-2-3-5-18(17)14-6-7-20-15(10-14)11-16(27-20)12-24-22(26)21-19(23)8-9-28-21/h2-10,16H,11-12H2,1H3,(H,24,26)/t16-/m0/s1. The van der Waals surface area contributed by atoms with Gasteiger partial charge in [0.15, 0.2) is 5.78 Å². The van der Waals surface area contributed by atoms with Crippen molar-refractivity contribution < 1.29 is 14.3 Å². The van der Waals surface area contributed by atoms with Gasteiger partial charge in [-0.2, -0.15) is 0 Å². The van der Waals surface area contributed by atoms with Gasteiger partial charge >= 0.3 is 0 Å². The molecule has 1 aromatic heterocycles. The van der Waals surface area contributed by atoms with Gasteiger partial charge in [0, 0.05) is 12.0 Å². The van der Waals surface area contributed by atoms with E-state index in [2.05, 4.69) is 11.4 Å². The Morgan fingerprint density at radius 3 is 2.79 bits per heavy atom. The third-order valence-corrected chi connectivity index (χ3v) is 6.07. The molecule has 28 heavy (non-hydrogen) atoms. The molecule has 0 saturated carbocycles. The van der Waals surface area contributed by atoms with Crippen LogP contribution in [0, 0.1) is 0 Å². The first kappa shape index (κ1) is 18.7. The fourth-order valence-corrected chi connectivity index (χ4v) is 4.44. The minimum Gasteiger partial charge on any atom is -0.488 e. The molecular formula is C22H18ClNO3S. The number of fused-ring (bicyclic) bond motifs is 1. The third kappa shape index (κ3) is 3.68. The SMILES string of the molecule is CC(=O)c1ccccc1-c1ccc2c(c1)C[C@@H](CNC(=O)c1sccc1Cl)O2. The molecule has 2 aromatic carbocycles. The fraction of sp³-hybridized carbons (Fsp3) is 0.182. The zero-order valence-corrected chi connectivity index (χ0v) is 16.8. The van der Waals surface area contributed by atoms with Gasteiger partial charge in [0.2, 0.25) is 0 Å². The van der Waals surface area contributed by atoms with Gasteiger partial charge in [0.05, 0.1) is 11.6 Å². The Hall–Kier alpha value is -2.63. The average Bonchev–Trinajstić information content (AvgIpc) is 3.31. The van der Waals surface area contributed by atoms with Crippen LogP contribution in [-0.4, -0.2) is 24.3 Å². The number of thiophene rings is 1. The van der Waals surface area contributed by atoms with E-state index < -0.39 is 0 Å². The third-order valence-electron chi connectivity index (χ3n) is 4.73. The molecular weight excluding hydrogens is 394 g/mol. The number of Topliss-reactive ketones (excluding diaryl/α,β-unsaturated/α-hetero) is 1. The van der Waals surface area contributed by atoms with E-state index in [0.29, 0.717) is 28.4 Å². The quantitative estimate of drug-likeness (QED) is 0.601. The van der Waals surface area contributed by atoms with Crippen LogP contribution in [-0.2, 0) is 6.42 Å². The molecule has 4 nitrogen and oxygen atoms in total. The molecule has 6 heteroatoms. The summed E-state index contributed by atoms with van der Waals surface area (Å²) >= 11 is 7.33. The van der Waals surface area contributed by atoms with Gasteiger partial charge in [0.25, 0.3) is 5.91 Å². The van der Waals surface area contributed by atoms with E-state index >= 15 is 0 Å². The normalized spacial score (nSPS) is 15.0. The van der Waals surface area contributed by atoms with Crippen LogP contribution in [0.15, 0.2) is 53.9 Å². The fourth-order valence-electron chi connectivity index (χ4n) is 3.39. The van der Waals surface area contributed by atoms with Crippen LogP contribution < -0.4 is 10.1 Å². The molecule has 0 radical (unpaired) electrons. The van der Waals surface area contributed by atoms with Crippen LogP contribution in [0.2, 0.25) is 5.02 Å². The molecule has 142 valence electrons. The van der Waals surface area contributed by atoms with Gasteiger partial charge in [-0.25, -0.2) is 0 Å². The van der Waals surface area contributed by atoms with Crippen molar-refractivity contribution >= 4 is 34.6 Å². The minimum atomic E-state index is -0.185. The summed E-state index contributed by atoms with van der Waals surface area (Å²) in [5.74, 6) is 0.674.